The van der Waals surface area contributed by atoms with Gasteiger partial charge in [0, 0.05) is 19.6 Å². The van der Waals surface area contributed by atoms with E-state index in [2.05, 4.69) is 0 Å². The van der Waals surface area contributed by atoms with Gasteiger partial charge in [0.05, 0.1) is 18.8 Å². The molecule has 0 unspecified atom stereocenters. The quantitative estimate of drug-likeness (QED) is 0.784. The molecule has 1 aliphatic heterocycles. The van der Waals surface area contributed by atoms with Crippen LogP contribution in [0.4, 0.5) is 5.82 Å². The number of hydrogen-bond acceptors (Lipinski definition) is 5. The number of aldehydes is 1. The van der Waals surface area contributed by atoms with E-state index < -0.39 is 0 Å². The molecule has 0 aliphatic carbocycles. The Labute approximate surface area is 129 Å². The summed E-state index contributed by atoms with van der Waals surface area (Å²) >= 11 is 0. The number of pyridine rings is 1. The third kappa shape index (κ3) is 2.90. The summed E-state index contributed by atoms with van der Waals surface area (Å²) in [6.45, 7) is 8.52. The Morgan fingerprint density at radius 3 is 2.50 bits per heavy atom. The topological polar surface area (TPSA) is 75.3 Å². The lowest BCUT2D eigenvalue weighted by Crippen LogP contribution is -2.42. The van der Waals surface area contributed by atoms with Gasteiger partial charge in [0.1, 0.15) is 17.5 Å². The molecule has 0 atom stereocenters. The Bertz CT molecular complexity index is 665. The van der Waals surface area contributed by atoms with E-state index in [0.717, 1.165) is 6.29 Å². The molecule has 0 aromatic carbocycles. The second-order valence-corrected chi connectivity index (χ2v) is 5.88. The summed E-state index contributed by atoms with van der Waals surface area (Å²) in [7, 11) is 0. The number of carbonyl (C=O) groups is 1. The zero-order valence-corrected chi connectivity index (χ0v) is 13.3. The maximum Gasteiger partial charge on any atom is 0.270 e. The summed E-state index contributed by atoms with van der Waals surface area (Å²) in [5, 5.41) is 9.27. The molecule has 1 aromatic rings. The number of aromatic nitrogens is 1. The Kier molecular flexibility index (Phi) is 4.99. The number of morpholine rings is 1. The van der Waals surface area contributed by atoms with Crippen molar-refractivity contribution in [3.8, 4) is 6.07 Å². The van der Waals surface area contributed by atoms with E-state index in [-0.39, 0.29) is 17.0 Å². The Balaban J connectivity index is 2.74. The number of nitriles is 1. The monoisotopic (exact) mass is 303 g/mol. The van der Waals surface area contributed by atoms with Crippen LogP contribution in [0.3, 0.4) is 0 Å². The third-order valence-electron chi connectivity index (χ3n) is 3.82. The maximum atomic E-state index is 12.7. The van der Waals surface area contributed by atoms with Gasteiger partial charge in [-0.2, -0.15) is 5.26 Å². The molecule has 0 radical (unpaired) electrons. The average molecular weight is 303 g/mol. The summed E-state index contributed by atoms with van der Waals surface area (Å²) in [4.78, 5) is 26.3. The highest BCUT2D eigenvalue weighted by Crippen LogP contribution is 2.24. The van der Waals surface area contributed by atoms with Crippen LogP contribution < -0.4 is 10.5 Å². The molecule has 2 heterocycles. The molecular formula is C16H21N3O3. The smallest absolute Gasteiger partial charge is 0.270 e. The van der Waals surface area contributed by atoms with Crippen molar-refractivity contribution >= 4 is 12.1 Å². The van der Waals surface area contributed by atoms with Gasteiger partial charge in [0.25, 0.3) is 5.56 Å². The van der Waals surface area contributed by atoms with Gasteiger partial charge >= 0.3 is 0 Å². The second kappa shape index (κ2) is 6.75. The first-order valence-corrected chi connectivity index (χ1v) is 7.46. The minimum atomic E-state index is -0.319. The van der Waals surface area contributed by atoms with Crippen molar-refractivity contribution in [2.45, 2.75) is 27.3 Å². The highest BCUT2D eigenvalue weighted by Gasteiger charge is 2.24. The van der Waals surface area contributed by atoms with Gasteiger partial charge in [-0.3, -0.25) is 14.2 Å². The number of carbonyl (C=O) groups excluding carboxylic acids is 1. The molecule has 1 aliphatic rings. The van der Waals surface area contributed by atoms with E-state index in [4.69, 9.17) is 4.74 Å². The summed E-state index contributed by atoms with van der Waals surface area (Å²) in [5.74, 6) is 0.847. The van der Waals surface area contributed by atoms with E-state index in [1.807, 2.05) is 24.8 Å². The third-order valence-corrected chi connectivity index (χ3v) is 3.82. The lowest BCUT2D eigenvalue weighted by atomic mass is 10.0. The van der Waals surface area contributed by atoms with Crippen LogP contribution in [0.1, 0.15) is 35.3 Å². The van der Waals surface area contributed by atoms with Gasteiger partial charge in [-0.15, -0.1) is 0 Å². The van der Waals surface area contributed by atoms with Crippen molar-refractivity contribution in [2.75, 3.05) is 31.2 Å². The first-order valence-electron chi connectivity index (χ1n) is 7.46. The van der Waals surface area contributed by atoms with E-state index in [1.165, 1.54) is 0 Å². The van der Waals surface area contributed by atoms with Crippen molar-refractivity contribution in [1.82, 2.24) is 4.57 Å². The second-order valence-electron chi connectivity index (χ2n) is 5.88. The van der Waals surface area contributed by atoms with Crippen molar-refractivity contribution in [1.29, 1.82) is 5.26 Å². The Hall–Kier alpha value is -2.13. The largest absolute Gasteiger partial charge is 0.378 e. The molecule has 118 valence electrons. The predicted molar refractivity (Wildman–Crippen MR) is 83.4 cm³/mol. The van der Waals surface area contributed by atoms with E-state index in [0.29, 0.717) is 49.8 Å². The number of hydrogen-bond donors (Lipinski definition) is 0. The lowest BCUT2D eigenvalue weighted by molar-refractivity contribution is 0.111. The number of ether oxygens (including phenoxy) is 1. The van der Waals surface area contributed by atoms with Gasteiger partial charge in [-0.05, 0) is 18.4 Å². The number of nitrogens with zero attached hydrogens (tertiary/aromatic N) is 3. The minimum absolute atomic E-state index is 0.0553. The Morgan fingerprint density at radius 2 is 2.00 bits per heavy atom. The van der Waals surface area contributed by atoms with Crippen LogP contribution in [0.2, 0.25) is 0 Å². The fourth-order valence-electron chi connectivity index (χ4n) is 2.76. The lowest BCUT2D eigenvalue weighted by Gasteiger charge is -2.33. The number of rotatable bonds is 4. The first kappa shape index (κ1) is 16.2. The van der Waals surface area contributed by atoms with Gasteiger partial charge in [-0.1, -0.05) is 13.8 Å². The summed E-state index contributed by atoms with van der Waals surface area (Å²) in [5.41, 5.74) is 0.628. The summed E-state index contributed by atoms with van der Waals surface area (Å²) < 4.78 is 6.93. The first-order chi connectivity index (χ1) is 10.5. The molecule has 22 heavy (non-hydrogen) atoms. The number of anilines is 1. The van der Waals surface area contributed by atoms with Crippen molar-refractivity contribution in [2.24, 2.45) is 5.92 Å². The van der Waals surface area contributed by atoms with E-state index >= 15 is 0 Å². The van der Waals surface area contributed by atoms with Crippen LogP contribution >= 0.6 is 0 Å². The van der Waals surface area contributed by atoms with Crippen LogP contribution in [0.15, 0.2) is 4.79 Å². The van der Waals surface area contributed by atoms with Crippen molar-refractivity contribution < 1.29 is 9.53 Å². The molecule has 0 N–H and O–H groups in total. The van der Waals surface area contributed by atoms with Crippen LogP contribution in [0, 0.1) is 24.2 Å². The molecule has 0 amide bonds. The normalized spacial score (nSPS) is 15.0. The molecule has 0 spiro atoms. The molecule has 0 saturated carbocycles. The molecular weight excluding hydrogens is 282 g/mol. The standard InChI is InChI=1S/C16H21N3O3/c1-11(2)9-19-15(18-4-6-22-7-5-18)14(10-20)12(3)13(8-17)16(19)21/h10-11H,4-7,9H2,1-3H3. The van der Waals surface area contributed by atoms with Crippen molar-refractivity contribution in [3.63, 3.8) is 0 Å². The SMILES string of the molecule is Cc1c(C=O)c(N2CCOCC2)n(CC(C)C)c(=O)c1C#N. The van der Waals surface area contributed by atoms with E-state index in [9.17, 15) is 14.9 Å². The minimum Gasteiger partial charge on any atom is -0.378 e. The van der Waals surface area contributed by atoms with Gasteiger partial charge < -0.3 is 9.64 Å². The molecule has 1 fully saturated rings. The highest BCUT2D eigenvalue weighted by atomic mass is 16.5. The zero-order chi connectivity index (χ0) is 16.3. The molecule has 1 saturated heterocycles. The van der Waals surface area contributed by atoms with Gasteiger partial charge in [0.15, 0.2) is 6.29 Å². The van der Waals surface area contributed by atoms with Crippen LogP contribution in [0.25, 0.3) is 0 Å². The van der Waals surface area contributed by atoms with Gasteiger partial charge in [0.2, 0.25) is 0 Å². The van der Waals surface area contributed by atoms with Crippen LogP contribution in [0.5, 0.6) is 0 Å². The predicted octanol–water partition coefficient (Wildman–Crippen LogP) is 1.33. The van der Waals surface area contributed by atoms with Crippen molar-refractivity contribution in [3.05, 3.63) is 27.0 Å². The fraction of sp³-hybridized carbons (Fsp3) is 0.562. The Morgan fingerprint density at radius 1 is 1.36 bits per heavy atom. The fourth-order valence-corrected chi connectivity index (χ4v) is 2.76. The maximum absolute atomic E-state index is 12.7. The zero-order valence-electron chi connectivity index (χ0n) is 13.3. The molecule has 6 nitrogen and oxygen atoms in total. The molecule has 1 aromatic heterocycles. The van der Waals surface area contributed by atoms with Gasteiger partial charge in [-0.25, -0.2) is 0 Å². The van der Waals surface area contributed by atoms with Crippen LogP contribution in [-0.4, -0.2) is 37.2 Å². The summed E-state index contributed by atoms with van der Waals surface area (Å²) in [6, 6.07) is 1.95. The van der Waals surface area contributed by atoms with E-state index in [1.54, 1.807) is 11.5 Å². The summed E-state index contributed by atoms with van der Waals surface area (Å²) in [6.07, 6.45) is 0.747. The molecule has 0 bridgehead atoms. The average Bonchev–Trinajstić information content (AvgIpc) is 2.50. The van der Waals surface area contributed by atoms with Crippen LogP contribution in [-0.2, 0) is 11.3 Å². The molecule has 2 rings (SSSR count). The molecule has 6 heteroatoms. The highest BCUT2D eigenvalue weighted by molar-refractivity contribution is 5.86.